The largest absolute Gasteiger partial charge is 0.465 e. The van der Waals surface area contributed by atoms with Crippen LogP contribution in [0.5, 0.6) is 0 Å². The monoisotopic (exact) mass is 193 g/mol. The number of hydrogen-bond acceptors (Lipinski definition) is 2. The highest BCUT2D eigenvalue weighted by Crippen LogP contribution is 2.29. The van der Waals surface area contributed by atoms with Gasteiger partial charge in [-0.15, -0.1) is 6.58 Å². The summed E-state index contributed by atoms with van der Waals surface area (Å²) in [6.07, 6.45) is 1.73. The van der Waals surface area contributed by atoms with E-state index in [1.165, 1.54) is 0 Å². The van der Waals surface area contributed by atoms with Crippen molar-refractivity contribution in [3.05, 3.63) is 35.8 Å². The van der Waals surface area contributed by atoms with Crippen molar-refractivity contribution in [1.29, 1.82) is 0 Å². The zero-order valence-corrected chi connectivity index (χ0v) is 9.42. The van der Waals surface area contributed by atoms with E-state index in [1.807, 2.05) is 13.0 Å². The van der Waals surface area contributed by atoms with Crippen molar-refractivity contribution in [2.75, 3.05) is 0 Å². The second-order valence-electron chi connectivity index (χ2n) is 4.63. The standard InChI is InChI=1S/C12H19NO/c1-6-10(13)9-7-11(12(3,4)5)14-8(9)2/h6-7,10H,1,13H2,2-5H3. The maximum atomic E-state index is 5.87. The molecule has 1 unspecified atom stereocenters. The fourth-order valence-corrected chi connectivity index (χ4v) is 1.32. The number of nitrogens with two attached hydrogens (primary N) is 1. The molecule has 78 valence electrons. The van der Waals surface area contributed by atoms with Crippen LogP contribution in [0.2, 0.25) is 0 Å². The molecular formula is C12H19NO. The Bertz CT molecular complexity index is 331. The molecule has 0 aliphatic carbocycles. The minimum absolute atomic E-state index is 0.0316. The summed E-state index contributed by atoms with van der Waals surface area (Å²) in [6, 6.07) is 1.90. The first-order valence-corrected chi connectivity index (χ1v) is 4.85. The van der Waals surface area contributed by atoms with Crippen LogP contribution in [-0.2, 0) is 5.41 Å². The molecule has 0 fully saturated rings. The molecule has 1 aromatic rings. The average Bonchev–Trinajstić information content (AvgIpc) is 2.45. The van der Waals surface area contributed by atoms with Gasteiger partial charge in [-0.05, 0) is 13.0 Å². The molecule has 0 aromatic carbocycles. The Morgan fingerprint density at radius 3 is 2.43 bits per heavy atom. The molecule has 2 heteroatoms. The fourth-order valence-electron chi connectivity index (χ4n) is 1.32. The molecule has 0 saturated carbocycles. The minimum Gasteiger partial charge on any atom is -0.465 e. The molecule has 1 rings (SSSR count). The smallest absolute Gasteiger partial charge is 0.109 e. The zero-order chi connectivity index (χ0) is 10.9. The number of furan rings is 1. The summed E-state index contributed by atoms with van der Waals surface area (Å²) in [5.74, 6) is 1.87. The summed E-state index contributed by atoms with van der Waals surface area (Å²) in [4.78, 5) is 0. The van der Waals surface area contributed by atoms with E-state index in [0.717, 1.165) is 17.1 Å². The SMILES string of the molecule is C=CC(N)c1cc(C(C)(C)C)oc1C. The number of aryl methyl sites for hydroxylation is 1. The van der Waals surface area contributed by atoms with Gasteiger partial charge in [0.2, 0.25) is 0 Å². The average molecular weight is 193 g/mol. The van der Waals surface area contributed by atoms with E-state index in [0.29, 0.717) is 0 Å². The number of rotatable bonds is 2. The van der Waals surface area contributed by atoms with Gasteiger partial charge in [-0.25, -0.2) is 0 Å². The molecule has 1 atom stereocenters. The van der Waals surface area contributed by atoms with Crippen molar-refractivity contribution in [2.24, 2.45) is 5.73 Å². The predicted molar refractivity (Wildman–Crippen MR) is 59.3 cm³/mol. The third-order valence-corrected chi connectivity index (χ3v) is 2.31. The lowest BCUT2D eigenvalue weighted by Crippen LogP contribution is -2.10. The molecule has 14 heavy (non-hydrogen) atoms. The Hall–Kier alpha value is -1.02. The van der Waals surface area contributed by atoms with Crippen LogP contribution in [-0.4, -0.2) is 0 Å². The van der Waals surface area contributed by atoms with Gasteiger partial charge in [-0.3, -0.25) is 0 Å². The second kappa shape index (κ2) is 3.62. The molecule has 1 aromatic heterocycles. The summed E-state index contributed by atoms with van der Waals surface area (Å²) < 4.78 is 5.67. The van der Waals surface area contributed by atoms with E-state index in [1.54, 1.807) is 6.08 Å². The van der Waals surface area contributed by atoms with Crippen LogP contribution in [0, 0.1) is 6.92 Å². The van der Waals surface area contributed by atoms with E-state index < -0.39 is 0 Å². The quantitative estimate of drug-likeness (QED) is 0.733. The van der Waals surface area contributed by atoms with Crippen LogP contribution >= 0.6 is 0 Å². The van der Waals surface area contributed by atoms with Crippen LogP contribution in [0.4, 0.5) is 0 Å². The van der Waals surface area contributed by atoms with E-state index in [9.17, 15) is 0 Å². The molecule has 1 heterocycles. The Kier molecular flexibility index (Phi) is 2.86. The minimum atomic E-state index is -0.130. The van der Waals surface area contributed by atoms with Crippen LogP contribution in [0.1, 0.15) is 43.9 Å². The highest BCUT2D eigenvalue weighted by atomic mass is 16.3. The Morgan fingerprint density at radius 2 is 2.07 bits per heavy atom. The predicted octanol–water partition coefficient (Wildman–Crippen LogP) is 3.07. The lowest BCUT2D eigenvalue weighted by Gasteiger charge is -2.13. The first-order valence-electron chi connectivity index (χ1n) is 4.85. The van der Waals surface area contributed by atoms with E-state index in [2.05, 4.69) is 27.4 Å². The Morgan fingerprint density at radius 1 is 1.50 bits per heavy atom. The van der Waals surface area contributed by atoms with Gasteiger partial charge < -0.3 is 10.2 Å². The maximum absolute atomic E-state index is 5.87. The summed E-state index contributed by atoms with van der Waals surface area (Å²) in [5, 5.41) is 0. The first kappa shape index (κ1) is 11.1. The van der Waals surface area contributed by atoms with Crippen LogP contribution in [0.25, 0.3) is 0 Å². The zero-order valence-electron chi connectivity index (χ0n) is 9.42. The normalized spacial score (nSPS) is 14.1. The van der Waals surface area contributed by atoms with Crippen molar-refractivity contribution in [2.45, 2.75) is 39.2 Å². The van der Waals surface area contributed by atoms with Crippen molar-refractivity contribution < 1.29 is 4.42 Å². The third-order valence-electron chi connectivity index (χ3n) is 2.31. The van der Waals surface area contributed by atoms with Crippen molar-refractivity contribution in [1.82, 2.24) is 0 Å². The van der Waals surface area contributed by atoms with E-state index in [4.69, 9.17) is 10.2 Å². The van der Waals surface area contributed by atoms with E-state index >= 15 is 0 Å². The molecular weight excluding hydrogens is 174 g/mol. The van der Waals surface area contributed by atoms with Gasteiger partial charge in [0.15, 0.2) is 0 Å². The molecule has 0 aliphatic rings. The van der Waals surface area contributed by atoms with Crippen LogP contribution in [0.15, 0.2) is 23.1 Å². The van der Waals surface area contributed by atoms with E-state index in [-0.39, 0.29) is 11.5 Å². The molecule has 0 saturated heterocycles. The Labute approximate surface area is 85.8 Å². The topological polar surface area (TPSA) is 39.2 Å². The maximum Gasteiger partial charge on any atom is 0.109 e. The van der Waals surface area contributed by atoms with Crippen molar-refractivity contribution in [3.8, 4) is 0 Å². The van der Waals surface area contributed by atoms with Crippen LogP contribution in [0.3, 0.4) is 0 Å². The van der Waals surface area contributed by atoms with Gasteiger partial charge in [-0.1, -0.05) is 26.8 Å². The fraction of sp³-hybridized carbons (Fsp3) is 0.500. The van der Waals surface area contributed by atoms with Gasteiger partial charge in [0.1, 0.15) is 11.5 Å². The molecule has 2 N–H and O–H groups in total. The summed E-state index contributed by atoms with van der Waals surface area (Å²) >= 11 is 0. The van der Waals surface area contributed by atoms with Gasteiger partial charge >= 0.3 is 0 Å². The van der Waals surface area contributed by atoms with Crippen molar-refractivity contribution >= 4 is 0 Å². The Balaban J connectivity index is 3.11. The summed E-state index contributed by atoms with van der Waals surface area (Å²) in [7, 11) is 0. The highest BCUT2D eigenvalue weighted by molar-refractivity contribution is 5.29. The second-order valence-corrected chi connectivity index (χ2v) is 4.63. The molecule has 0 bridgehead atoms. The molecule has 0 amide bonds. The van der Waals surface area contributed by atoms with Crippen LogP contribution < -0.4 is 5.73 Å². The van der Waals surface area contributed by atoms with Gasteiger partial charge in [0.25, 0.3) is 0 Å². The first-order chi connectivity index (χ1) is 6.36. The molecule has 0 aliphatic heterocycles. The summed E-state index contributed by atoms with van der Waals surface area (Å²) in [5.41, 5.74) is 6.94. The number of hydrogen-bond donors (Lipinski definition) is 1. The van der Waals surface area contributed by atoms with Gasteiger partial charge in [-0.2, -0.15) is 0 Å². The third kappa shape index (κ3) is 2.07. The molecule has 0 spiro atoms. The molecule has 0 radical (unpaired) electrons. The van der Waals surface area contributed by atoms with Crippen molar-refractivity contribution in [3.63, 3.8) is 0 Å². The lowest BCUT2D eigenvalue weighted by molar-refractivity contribution is 0.394. The highest BCUT2D eigenvalue weighted by Gasteiger charge is 2.21. The van der Waals surface area contributed by atoms with Gasteiger partial charge in [0.05, 0.1) is 6.04 Å². The molecule has 2 nitrogen and oxygen atoms in total. The lowest BCUT2D eigenvalue weighted by atomic mass is 9.92. The summed E-state index contributed by atoms with van der Waals surface area (Å²) in [6.45, 7) is 12.0. The van der Waals surface area contributed by atoms with Gasteiger partial charge in [0, 0.05) is 11.0 Å².